The molecule has 6 heteroatoms. The summed E-state index contributed by atoms with van der Waals surface area (Å²) in [6.45, 7) is 0.424. The molecule has 108 valence electrons. The third-order valence-corrected chi connectivity index (χ3v) is 3.98. The van der Waals surface area contributed by atoms with Crippen molar-refractivity contribution < 1.29 is 14.4 Å². The predicted molar refractivity (Wildman–Crippen MR) is 80.1 cm³/mol. The number of carbonyl (C=O) groups excluding carboxylic acids is 3. The second kappa shape index (κ2) is 6.10. The molecule has 0 aliphatic carbocycles. The van der Waals surface area contributed by atoms with Gasteiger partial charge in [0.2, 0.25) is 11.8 Å². The van der Waals surface area contributed by atoms with Crippen LogP contribution in [-0.2, 0) is 16.1 Å². The number of amides is 3. The van der Waals surface area contributed by atoms with Gasteiger partial charge in [-0.2, -0.15) is 0 Å². The Morgan fingerprint density at radius 3 is 2.62 bits per heavy atom. The van der Waals surface area contributed by atoms with Crippen molar-refractivity contribution in [3.05, 3.63) is 33.8 Å². The Bertz CT molecular complexity index is 639. The zero-order valence-corrected chi connectivity index (χ0v) is 12.7. The minimum atomic E-state index is -0.545. The Morgan fingerprint density at radius 1 is 1.24 bits per heavy atom. The predicted octanol–water partition coefficient (Wildman–Crippen LogP) is 1.46. The van der Waals surface area contributed by atoms with E-state index in [2.05, 4.69) is 34.1 Å². The monoisotopic (exact) mass is 348 g/mol. The molecule has 3 amide bonds. The summed E-state index contributed by atoms with van der Waals surface area (Å²) in [7, 11) is 0. The number of terminal acetylenes is 1. The van der Waals surface area contributed by atoms with Crippen molar-refractivity contribution in [3.63, 3.8) is 0 Å². The maximum Gasteiger partial charge on any atom is 0.255 e. The van der Waals surface area contributed by atoms with Crippen molar-refractivity contribution >= 4 is 33.7 Å². The van der Waals surface area contributed by atoms with Gasteiger partial charge in [-0.1, -0.05) is 22.0 Å². The van der Waals surface area contributed by atoms with Crippen LogP contribution in [-0.4, -0.2) is 28.7 Å². The SMILES string of the molecule is C#C.O=C1CCC(N2Cc3ccc(Br)cc3C2=O)C(=O)N1. The van der Waals surface area contributed by atoms with Crippen LogP contribution in [0, 0.1) is 12.8 Å². The summed E-state index contributed by atoms with van der Waals surface area (Å²) in [5.41, 5.74) is 1.54. The van der Waals surface area contributed by atoms with E-state index in [0.717, 1.165) is 10.0 Å². The van der Waals surface area contributed by atoms with E-state index in [4.69, 9.17) is 0 Å². The largest absolute Gasteiger partial charge is 0.322 e. The summed E-state index contributed by atoms with van der Waals surface area (Å²) in [6, 6.07) is 4.98. The number of halogens is 1. The van der Waals surface area contributed by atoms with Crippen LogP contribution in [0.4, 0.5) is 0 Å². The quantitative estimate of drug-likeness (QED) is 0.617. The van der Waals surface area contributed by atoms with Crippen LogP contribution in [0.1, 0.15) is 28.8 Å². The number of fused-ring (bicyclic) bond motifs is 1. The minimum absolute atomic E-state index is 0.147. The van der Waals surface area contributed by atoms with Crippen LogP contribution in [0.5, 0.6) is 0 Å². The minimum Gasteiger partial charge on any atom is -0.322 e. The Kier molecular flexibility index (Phi) is 4.43. The summed E-state index contributed by atoms with van der Waals surface area (Å²) < 4.78 is 0.838. The fraction of sp³-hybridized carbons (Fsp3) is 0.267. The van der Waals surface area contributed by atoms with Crippen molar-refractivity contribution in [2.45, 2.75) is 25.4 Å². The van der Waals surface area contributed by atoms with E-state index >= 15 is 0 Å². The first-order valence-electron chi connectivity index (χ1n) is 6.32. The van der Waals surface area contributed by atoms with E-state index in [-0.39, 0.29) is 24.1 Å². The summed E-state index contributed by atoms with van der Waals surface area (Å²) in [6.07, 6.45) is 8.67. The molecule has 0 aromatic heterocycles. The third-order valence-electron chi connectivity index (χ3n) is 3.49. The molecule has 21 heavy (non-hydrogen) atoms. The van der Waals surface area contributed by atoms with Crippen molar-refractivity contribution in [2.24, 2.45) is 0 Å². The van der Waals surface area contributed by atoms with Crippen LogP contribution in [0.25, 0.3) is 0 Å². The normalized spacial score (nSPS) is 20.4. The molecule has 0 saturated carbocycles. The molecule has 0 spiro atoms. The number of nitrogens with zero attached hydrogens (tertiary/aromatic N) is 1. The van der Waals surface area contributed by atoms with Gasteiger partial charge in [0.05, 0.1) is 0 Å². The number of hydrogen-bond donors (Lipinski definition) is 1. The number of rotatable bonds is 1. The second-order valence-electron chi connectivity index (χ2n) is 4.70. The van der Waals surface area contributed by atoms with Gasteiger partial charge in [-0.05, 0) is 24.1 Å². The zero-order valence-electron chi connectivity index (χ0n) is 11.1. The van der Waals surface area contributed by atoms with Gasteiger partial charge in [0, 0.05) is 23.0 Å². The van der Waals surface area contributed by atoms with Gasteiger partial charge < -0.3 is 4.90 Å². The van der Waals surface area contributed by atoms with Crippen LogP contribution in [0.15, 0.2) is 22.7 Å². The molecular weight excluding hydrogens is 336 g/mol. The number of carbonyl (C=O) groups is 3. The molecule has 1 saturated heterocycles. The van der Waals surface area contributed by atoms with Gasteiger partial charge in [-0.3, -0.25) is 19.7 Å². The lowest BCUT2D eigenvalue weighted by atomic mass is 10.0. The first-order chi connectivity index (χ1) is 10.1. The molecule has 1 unspecified atom stereocenters. The van der Waals surface area contributed by atoms with E-state index in [1.54, 1.807) is 11.0 Å². The fourth-order valence-electron chi connectivity index (χ4n) is 2.53. The van der Waals surface area contributed by atoms with E-state index in [0.29, 0.717) is 18.5 Å². The number of nitrogens with one attached hydrogen (secondary N) is 1. The number of hydrogen-bond acceptors (Lipinski definition) is 3. The highest BCUT2D eigenvalue weighted by atomic mass is 79.9. The van der Waals surface area contributed by atoms with Gasteiger partial charge in [-0.15, -0.1) is 12.8 Å². The summed E-state index contributed by atoms with van der Waals surface area (Å²) in [5, 5.41) is 2.28. The summed E-state index contributed by atoms with van der Waals surface area (Å²) in [4.78, 5) is 36.8. The van der Waals surface area contributed by atoms with Gasteiger partial charge >= 0.3 is 0 Å². The molecule has 2 heterocycles. The molecule has 3 rings (SSSR count). The van der Waals surface area contributed by atoms with E-state index in [1.165, 1.54) is 0 Å². The van der Waals surface area contributed by atoms with Crippen molar-refractivity contribution in [1.82, 2.24) is 10.2 Å². The van der Waals surface area contributed by atoms with Crippen molar-refractivity contribution in [3.8, 4) is 12.8 Å². The van der Waals surface area contributed by atoms with Gasteiger partial charge in [-0.25, -0.2) is 0 Å². The van der Waals surface area contributed by atoms with Gasteiger partial charge in [0.1, 0.15) is 6.04 Å². The van der Waals surface area contributed by atoms with Crippen molar-refractivity contribution in [1.29, 1.82) is 0 Å². The molecule has 1 fully saturated rings. The maximum atomic E-state index is 12.3. The Balaban J connectivity index is 0.000000774. The summed E-state index contributed by atoms with van der Waals surface area (Å²) in [5.74, 6) is -0.796. The fourth-order valence-corrected chi connectivity index (χ4v) is 2.89. The molecule has 2 aliphatic heterocycles. The van der Waals surface area contributed by atoms with Crippen LogP contribution in [0.3, 0.4) is 0 Å². The summed E-state index contributed by atoms with van der Waals surface area (Å²) >= 11 is 3.33. The molecule has 1 aromatic rings. The first-order valence-corrected chi connectivity index (χ1v) is 7.12. The first kappa shape index (κ1) is 15.3. The molecule has 2 aliphatic rings. The topological polar surface area (TPSA) is 66.5 Å². The van der Waals surface area contributed by atoms with Gasteiger partial charge in [0.15, 0.2) is 0 Å². The molecule has 0 radical (unpaired) electrons. The number of piperidine rings is 1. The smallest absolute Gasteiger partial charge is 0.255 e. The highest BCUT2D eigenvalue weighted by Gasteiger charge is 2.38. The van der Waals surface area contributed by atoms with Crippen LogP contribution in [0.2, 0.25) is 0 Å². The zero-order chi connectivity index (χ0) is 15.6. The lowest BCUT2D eigenvalue weighted by Crippen LogP contribution is -2.52. The van der Waals surface area contributed by atoms with Gasteiger partial charge in [0.25, 0.3) is 5.91 Å². The number of benzene rings is 1. The molecule has 5 nitrogen and oxygen atoms in total. The number of imide groups is 1. The highest BCUT2D eigenvalue weighted by molar-refractivity contribution is 9.10. The lowest BCUT2D eigenvalue weighted by molar-refractivity contribution is -0.136. The molecular formula is C15H13BrN2O3. The Hall–Kier alpha value is -2.13. The lowest BCUT2D eigenvalue weighted by Gasteiger charge is -2.29. The van der Waals surface area contributed by atoms with Crippen LogP contribution >= 0.6 is 15.9 Å². The average molecular weight is 349 g/mol. The van der Waals surface area contributed by atoms with Crippen LogP contribution < -0.4 is 5.32 Å². The standard InChI is InChI=1S/C13H11BrN2O3.C2H2/c14-8-2-1-7-6-16(13(19)9(7)5-8)10-3-4-11(17)15-12(10)18;1-2/h1-2,5,10H,3-4,6H2,(H,15,17,18);1-2H. The molecule has 1 aromatic carbocycles. The van der Waals surface area contributed by atoms with Crippen molar-refractivity contribution in [2.75, 3.05) is 0 Å². The second-order valence-corrected chi connectivity index (χ2v) is 5.62. The molecule has 1 N–H and O–H groups in total. The third kappa shape index (κ3) is 2.83. The molecule has 1 atom stereocenters. The van der Waals surface area contributed by atoms with E-state index < -0.39 is 6.04 Å². The Morgan fingerprint density at radius 2 is 1.95 bits per heavy atom. The maximum absolute atomic E-state index is 12.3. The van der Waals surface area contributed by atoms with E-state index in [1.807, 2.05) is 12.1 Å². The molecule has 0 bridgehead atoms. The highest BCUT2D eigenvalue weighted by Crippen LogP contribution is 2.29. The average Bonchev–Trinajstić information content (AvgIpc) is 2.78. The Labute approximate surface area is 130 Å². The van der Waals surface area contributed by atoms with E-state index in [9.17, 15) is 14.4 Å².